The van der Waals surface area contributed by atoms with Gasteiger partial charge in [0.1, 0.15) is 0 Å². The molecule has 0 spiro atoms. The number of rotatable bonds is 5. The van der Waals surface area contributed by atoms with E-state index in [2.05, 4.69) is 65.1 Å². The SMILES string of the molecule is CCCS(C)(CCC)c1ccc(C(C)(C)C)cc1. The van der Waals surface area contributed by atoms with Crippen LogP contribution in [-0.2, 0) is 5.41 Å². The van der Waals surface area contributed by atoms with E-state index in [1.165, 1.54) is 29.9 Å². The molecule has 1 aromatic carbocycles. The Morgan fingerprint density at radius 1 is 0.889 bits per heavy atom. The summed E-state index contributed by atoms with van der Waals surface area (Å²) in [7, 11) is -0.580. The highest BCUT2D eigenvalue weighted by molar-refractivity contribution is 8.33. The van der Waals surface area contributed by atoms with Crippen LogP contribution in [0.3, 0.4) is 0 Å². The summed E-state index contributed by atoms with van der Waals surface area (Å²) in [5.41, 5.74) is 1.71. The average Bonchev–Trinajstić information content (AvgIpc) is 2.29. The second-order valence-corrected chi connectivity index (χ2v) is 10.3. The third-order valence-corrected chi connectivity index (χ3v) is 7.63. The molecule has 0 heterocycles. The molecule has 0 bridgehead atoms. The highest BCUT2D eigenvalue weighted by atomic mass is 32.3. The largest absolute Gasteiger partial charge is 0.217 e. The van der Waals surface area contributed by atoms with Crippen LogP contribution in [-0.4, -0.2) is 17.8 Å². The molecule has 0 amide bonds. The number of hydrogen-bond donors (Lipinski definition) is 0. The van der Waals surface area contributed by atoms with Crippen molar-refractivity contribution in [1.29, 1.82) is 0 Å². The van der Waals surface area contributed by atoms with Gasteiger partial charge in [0.15, 0.2) is 0 Å². The molecular weight excluding hydrogens is 236 g/mol. The Hall–Kier alpha value is -0.430. The summed E-state index contributed by atoms with van der Waals surface area (Å²) in [6.45, 7) is 11.5. The average molecular weight is 266 g/mol. The van der Waals surface area contributed by atoms with Gasteiger partial charge in [-0.2, -0.15) is 0 Å². The van der Waals surface area contributed by atoms with E-state index in [4.69, 9.17) is 0 Å². The Labute approximate surface area is 116 Å². The summed E-state index contributed by atoms with van der Waals surface area (Å²) in [6.07, 6.45) is 5.10. The first-order valence-electron chi connectivity index (χ1n) is 7.18. The van der Waals surface area contributed by atoms with Crippen molar-refractivity contribution in [3.8, 4) is 0 Å². The standard InChI is InChI=1S/C17H30S/c1-7-13-18(6,14-8-2)16-11-9-15(10-12-16)17(3,4)5/h9-12H,7-8,13-14H2,1-6H3. The van der Waals surface area contributed by atoms with E-state index in [1.807, 2.05) is 0 Å². The maximum atomic E-state index is 2.51. The summed E-state index contributed by atoms with van der Waals surface area (Å²) in [4.78, 5) is 1.60. The second-order valence-electron chi connectivity index (χ2n) is 6.46. The Balaban J connectivity index is 3.01. The van der Waals surface area contributed by atoms with E-state index in [0.717, 1.165) is 0 Å². The van der Waals surface area contributed by atoms with Gasteiger partial charge in [0.25, 0.3) is 0 Å². The minimum absolute atomic E-state index is 0.264. The molecular formula is C17H30S. The maximum absolute atomic E-state index is 2.51. The molecule has 1 rings (SSSR count). The third-order valence-electron chi connectivity index (χ3n) is 3.60. The molecule has 0 aliphatic carbocycles. The molecule has 0 aliphatic heterocycles. The lowest BCUT2D eigenvalue weighted by Crippen LogP contribution is -2.12. The number of benzene rings is 1. The summed E-state index contributed by atoms with van der Waals surface area (Å²) >= 11 is 0. The van der Waals surface area contributed by atoms with E-state index in [9.17, 15) is 0 Å². The molecule has 0 fully saturated rings. The zero-order valence-corrected chi connectivity index (χ0v) is 13.9. The van der Waals surface area contributed by atoms with Crippen LogP contribution in [0, 0.1) is 0 Å². The molecule has 0 nitrogen and oxygen atoms in total. The van der Waals surface area contributed by atoms with Crippen LogP contribution in [0.1, 0.15) is 53.0 Å². The number of hydrogen-bond acceptors (Lipinski definition) is 0. The van der Waals surface area contributed by atoms with Crippen LogP contribution in [0.15, 0.2) is 29.2 Å². The van der Waals surface area contributed by atoms with Crippen molar-refractivity contribution in [3.05, 3.63) is 29.8 Å². The first kappa shape index (κ1) is 15.6. The summed E-state index contributed by atoms with van der Waals surface area (Å²) in [6, 6.07) is 9.46. The minimum Gasteiger partial charge on any atom is -0.217 e. The van der Waals surface area contributed by atoms with Crippen LogP contribution in [0.25, 0.3) is 0 Å². The fourth-order valence-electron chi connectivity index (χ4n) is 2.52. The lowest BCUT2D eigenvalue weighted by Gasteiger charge is -2.36. The Kier molecular flexibility index (Phi) is 5.33. The van der Waals surface area contributed by atoms with E-state index in [0.29, 0.717) is 0 Å². The Bertz CT molecular complexity index is 350. The molecule has 0 saturated heterocycles. The molecule has 18 heavy (non-hydrogen) atoms. The monoisotopic (exact) mass is 266 g/mol. The van der Waals surface area contributed by atoms with Crippen LogP contribution in [0.4, 0.5) is 0 Å². The van der Waals surface area contributed by atoms with Crippen molar-refractivity contribution in [2.24, 2.45) is 0 Å². The van der Waals surface area contributed by atoms with E-state index in [1.54, 1.807) is 4.90 Å². The lowest BCUT2D eigenvalue weighted by atomic mass is 9.87. The molecule has 0 N–H and O–H groups in total. The topological polar surface area (TPSA) is 0 Å². The van der Waals surface area contributed by atoms with Crippen LogP contribution >= 0.6 is 10.0 Å². The van der Waals surface area contributed by atoms with Crippen molar-refractivity contribution in [2.75, 3.05) is 17.8 Å². The molecule has 0 aliphatic rings. The minimum atomic E-state index is -0.580. The summed E-state index contributed by atoms with van der Waals surface area (Å²) in [5, 5.41) is 0. The smallest absolute Gasteiger partial charge is 0.0101 e. The highest BCUT2D eigenvalue weighted by Crippen LogP contribution is 2.53. The first-order chi connectivity index (χ1) is 8.33. The fraction of sp³-hybridized carbons (Fsp3) is 0.647. The van der Waals surface area contributed by atoms with Gasteiger partial charge in [0.2, 0.25) is 0 Å². The van der Waals surface area contributed by atoms with E-state index >= 15 is 0 Å². The maximum Gasteiger partial charge on any atom is -0.0101 e. The molecule has 0 saturated carbocycles. The molecule has 1 aromatic rings. The van der Waals surface area contributed by atoms with Crippen molar-refractivity contribution in [3.63, 3.8) is 0 Å². The van der Waals surface area contributed by atoms with Gasteiger partial charge >= 0.3 is 0 Å². The second kappa shape index (κ2) is 6.14. The van der Waals surface area contributed by atoms with Crippen molar-refractivity contribution < 1.29 is 0 Å². The lowest BCUT2D eigenvalue weighted by molar-refractivity contribution is 0.589. The van der Waals surface area contributed by atoms with Gasteiger partial charge in [-0.25, -0.2) is 10.0 Å². The zero-order chi connectivity index (χ0) is 13.8. The predicted octanol–water partition coefficient (Wildman–Crippen LogP) is 5.60. The van der Waals surface area contributed by atoms with E-state index in [-0.39, 0.29) is 5.41 Å². The van der Waals surface area contributed by atoms with Gasteiger partial charge in [0, 0.05) is 0 Å². The van der Waals surface area contributed by atoms with Crippen LogP contribution in [0.2, 0.25) is 0 Å². The Morgan fingerprint density at radius 2 is 1.33 bits per heavy atom. The van der Waals surface area contributed by atoms with Crippen molar-refractivity contribution in [1.82, 2.24) is 0 Å². The first-order valence-corrected chi connectivity index (χ1v) is 9.55. The van der Waals surface area contributed by atoms with Gasteiger partial charge < -0.3 is 0 Å². The molecule has 0 atom stereocenters. The molecule has 0 radical (unpaired) electrons. The Morgan fingerprint density at radius 3 is 1.67 bits per heavy atom. The fourth-order valence-corrected chi connectivity index (χ4v) is 5.79. The molecule has 0 unspecified atom stereocenters. The summed E-state index contributed by atoms with van der Waals surface area (Å²) < 4.78 is 0. The van der Waals surface area contributed by atoms with Crippen molar-refractivity contribution >= 4 is 10.0 Å². The van der Waals surface area contributed by atoms with E-state index < -0.39 is 10.0 Å². The summed E-state index contributed by atoms with van der Waals surface area (Å²) in [5.74, 6) is 2.74. The molecule has 0 aromatic heterocycles. The van der Waals surface area contributed by atoms with Crippen LogP contribution in [0.5, 0.6) is 0 Å². The molecule has 1 heteroatoms. The predicted molar refractivity (Wildman–Crippen MR) is 87.2 cm³/mol. The van der Waals surface area contributed by atoms with Crippen molar-refractivity contribution in [2.45, 2.75) is 57.8 Å². The zero-order valence-electron chi connectivity index (χ0n) is 13.0. The van der Waals surface area contributed by atoms with Gasteiger partial charge in [-0.05, 0) is 58.6 Å². The highest BCUT2D eigenvalue weighted by Gasteiger charge is 2.20. The quantitative estimate of drug-likeness (QED) is 0.651. The normalized spacial score (nSPS) is 13.7. The van der Waals surface area contributed by atoms with Gasteiger partial charge in [0.05, 0.1) is 0 Å². The van der Waals surface area contributed by atoms with Crippen LogP contribution < -0.4 is 0 Å². The van der Waals surface area contributed by atoms with Gasteiger partial charge in [-0.1, -0.05) is 46.8 Å². The van der Waals surface area contributed by atoms with Gasteiger partial charge in [-0.15, -0.1) is 0 Å². The van der Waals surface area contributed by atoms with Gasteiger partial charge in [-0.3, -0.25) is 0 Å². The molecule has 104 valence electrons. The third kappa shape index (κ3) is 3.78.